The van der Waals surface area contributed by atoms with Crippen LogP contribution in [0.5, 0.6) is 0 Å². The third kappa shape index (κ3) is 4.05. The SMILES string of the molecule is CCOCCc1nc(NC)c(I)c(C(C)(C)C)n1. The lowest BCUT2D eigenvalue weighted by atomic mass is 9.92. The van der Waals surface area contributed by atoms with Crippen molar-refractivity contribution < 1.29 is 4.74 Å². The predicted octanol–water partition coefficient (Wildman–Crippen LogP) is 3.00. The van der Waals surface area contributed by atoms with Crippen LogP contribution >= 0.6 is 22.6 Å². The van der Waals surface area contributed by atoms with E-state index < -0.39 is 0 Å². The molecule has 1 aromatic rings. The van der Waals surface area contributed by atoms with Gasteiger partial charge in [-0.05, 0) is 29.5 Å². The zero-order valence-corrected chi connectivity index (χ0v) is 14.0. The molecule has 0 aromatic carbocycles. The number of rotatable bonds is 5. The Balaban J connectivity index is 3.06. The Morgan fingerprint density at radius 2 is 1.94 bits per heavy atom. The lowest BCUT2D eigenvalue weighted by molar-refractivity contribution is 0.149. The maximum Gasteiger partial charge on any atom is 0.143 e. The molecule has 1 aromatic heterocycles. The first-order chi connectivity index (χ1) is 8.40. The van der Waals surface area contributed by atoms with E-state index in [1.807, 2.05) is 14.0 Å². The Hall–Kier alpha value is -0.430. The molecule has 0 aliphatic carbocycles. The maximum absolute atomic E-state index is 5.36. The highest BCUT2D eigenvalue weighted by Gasteiger charge is 2.22. The molecule has 5 heteroatoms. The van der Waals surface area contributed by atoms with Crippen LogP contribution in [0.25, 0.3) is 0 Å². The van der Waals surface area contributed by atoms with Crippen molar-refractivity contribution in [3.63, 3.8) is 0 Å². The van der Waals surface area contributed by atoms with Gasteiger partial charge in [-0.2, -0.15) is 0 Å². The first-order valence-corrected chi connectivity index (χ1v) is 7.30. The van der Waals surface area contributed by atoms with Gasteiger partial charge in [-0.15, -0.1) is 0 Å². The fraction of sp³-hybridized carbons (Fsp3) is 0.692. The lowest BCUT2D eigenvalue weighted by Crippen LogP contribution is -2.20. The minimum absolute atomic E-state index is 0.0193. The molecule has 0 atom stereocenters. The number of halogens is 1. The van der Waals surface area contributed by atoms with Gasteiger partial charge in [0.1, 0.15) is 11.6 Å². The third-order valence-corrected chi connectivity index (χ3v) is 3.54. The van der Waals surface area contributed by atoms with E-state index in [2.05, 4.69) is 58.6 Å². The largest absolute Gasteiger partial charge is 0.381 e. The Labute approximate surface area is 123 Å². The molecule has 0 unspecified atom stereocenters. The highest BCUT2D eigenvalue weighted by molar-refractivity contribution is 14.1. The number of hydrogen-bond donors (Lipinski definition) is 1. The highest BCUT2D eigenvalue weighted by Crippen LogP contribution is 2.29. The molecule has 0 fully saturated rings. The molecule has 18 heavy (non-hydrogen) atoms. The summed E-state index contributed by atoms with van der Waals surface area (Å²) < 4.78 is 6.46. The topological polar surface area (TPSA) is 47.0 Å². The van der Waals surface area contributed by atoms with E-state index >= 15 is 0 Å². The number of nitrogens with zero attached hydrogens (tertiary/aromatic N) is 2. The van der Waals surface area contributed by atoms with Crippen molar-refractivity contribution in [1.82, 2.24) is 9.97 Å². The van der Waals surface area contributed by atoms with Crippen LogP contribution in [0.1, 0.15) is 39.2 Å². The first kappa shape index (κ1) is 15.6. The Morgan fingerprint density at radius 1 is 1.28 bits per heavy atom. The lowest BCUT2D eigenvalue weighted by Gasteiger charge is -2.21. The summed E-state index contributed by atoms with van der Waals surface area (Å²) in [7, 11) is 1.89. The molecular weight excluding hydrogens is 341 g/mol. The molecule has 0 saturated heterocycles. The van der Waals surface area contributed by atoms with Gasteiger partial charge < -0.3 is 10.1 Å². The smallest absolute Gasteiger partial charge is 0.143 e. The number of ether oxygens (including phenoxy) is 1. The zero-order valence-electron chi connectivity index (χ0n) is 11.8. The van der Waals surface area contributed by atoms with E-state index in [9.17, 15) is 0 Å². The summed E-state index contributed by atoms with van der Waals surface area (Å²) in [5.41, 5.74) is 1.11. The average molecular weight is 363 g/mol. The van der Waals surface area contributed by atoms with Crippen molar-refractivity contribution in [2.45, 2.75) is 39.5 Å². The van der Waals surface area contributed by atoms with Gasteiger partial charge in [0, 0.05) is 25.5 Å². The van der Waals surface area contributed by atoms with Crippen molar-refractivity contribution in [1.29, 1.82) is 0 Å². The van der Waals surface area contributed by atoms with Gasteiger partial charge in [-0.25, -0.2) is 9.97 Å². The van der Waals surface area contributed by atoms with Crippen molar-refractivity contribution in [2.24, 2.45) is 0 Å². The van der Waals surface area contributed by atoms with E-state index in [4.69, 9.17) is 4.74 Å². The minimum atomic E-state index is 0.0193. The summed E-state index contributed by atoms with van der Waals surface area (Å²) in [5.74, 6) is 1.75. The number of nitrogens with one attached hydrogen (secondary N) is 1. The van der Waals surface area contributed by atoms with Gasteiger partial charge in [-0.1, -0.05) is 20.8 Å². The Bertz CT molecular complexity index is 402. The summed E-state index contributed by atoms with van der Waals surface area (Å²) in [6, 6.07) is 0. The van der Waals surface area contributed by atoms with Gasteiger partial charge in [0.15, 0.2) is 0 Å². The summed E-state index contributed by atoms with van der Waals surface area (Å²) in [6.45, 7) is 9.91. The molecule has 0 aliphatic rings. The molecular formula is C13H22IN3O. The van der Waals surface area contributed by atoms with Gasteiger partial charge in [0.05, 0.1) is 15.9 Å². The third-order valence-electron chi connectivity index (χ3n) is 2.52. The summed E-state index contributed by atoms with van der Waals surface area (Å²) in [6.07, 6.45) is 0.753. The van der Waals surface area contributed by atoms with E-state index in [1.54, 1.807) is 0 Å². The van der Waals surface area contributed by atoms with Crippen LogP contribution in [0.4, 0.5) is 5.82 Å². The first-order valence-electron chi connectivity index (χ1n) is 6.22. The van der Waals surface area contributed by atoms with E-state index in [1.165, 1.54) is 0 Å². The second kappa shape index (κ2) is 6.65. The average Bonchev–Trinajstić information content (AvgIpc) is 2.29. The molecule has 0 bridgehead atoms. The molecule has 0 aliphatic heterocycles. The van der Waals surface area contributed by atoms with Crippen LogP contribution in [-0.2, 0) is 16.6 Å². The van der Waals surface area contributed by atoms with Crippen LogP contribution in [0.3, 0.4) is 0 Å². The second-order valence-corrected chi connectivity index (χ2v) is 6.18. The molecule has 1 rings (SSSR count). The second-order valence-electron chi connectivity index (χ2n) is 5.10. The van der Waals surface area contributed by atoms with Crippen LogP contribution in [-0.4, -0.2) is 30.2 Å². The summed E-state index contributed by atoms with van der Waals surface area (Å²) in [5, 5.41) is 3.14. The molecule has 1 N–H and O–H groups in total. The van der Waals surface area contributed by atoms with Crippen LogP contribution < -0.4 is 5.32 Å². The van der Waals surface area contributed by atoms with Crippen LogP contribution in [0.2, 0.25) is 0 Å². The molecule has 0 amide bonds. The quantitative estimate of drug-likeness (QED) is 0.646. The number of anilines is 1. The van der Waals surface area contributed by atoms with E-state index in [0.29, 0.717) is 6.61 Å². The van der Waals surface area contributed by atoms with Crippen LogP contribution in [0.15, 0.2) is 0 Å². The molecule has 102 valence electrons. The normalized spacial score (nSPS) is 11.7. The molecule has 1 heterocycles. The van der Waals surface area contributed by atoms with Gasteiger partial charge in [0.25, 0.3) is 0 Å². The van der Waals surface area contributed by atoms with Crippen molar-refractivity contribution >= 4 is 28.4 Å². The van der Waals surface area contributed by atoms with Crippen LogP contribution in [0, 0.1) is 3.57 Å². The van der Waals surface area contributed by atoms with E-state index in [0.717, 1.165) is 33.9 Å². The molecule has 0 radical (unpaired) electrons. The zero-order chi connectivity index (χ0) is 13.8. The van der Waals surface area contributed by atoms with Crippen molar-refractivity contribution in [3.05, 3.63) is 15.1 Å². The predicted molar refractivity (Wildman–Crippen MR) is 83.2 cm³/mol. The Kier molecular flexibility index (Phi) is 5.78. The maximum atomic E-state index is 5.36. The Morgan fingerprint density at radius 3 is 2.44 bits per heavy atom. The standard InChI is InChI=1S/C13H22IN3O/c1-6-18-8-7-9-16-11(13(2,3)4)10(14)12(15-5)17-9/h6-8H2,1-5H3,(H,15,16,17). The summed E-state index contributed by atoms with van der Waals surface area (Å²) >= 11 is 2.31. The number of aromatic nitrogens is 2. The molecule has 0 spiro atoms. The summed E-state index contributed by atoms with van der Waals surface area (Å²) in [4.78, 5) is 9.21. The van der Waals surface area contributed by atoms with Gasteiger partial charge in [0.2, 0.25) is 0 Å². The van der Waals surface area contributed by atoms with Crippen molar-refractivity contribution in [2.75, 3.05) is 25.6 Å². The van der Waals surface area contributed by atoms with E-state index in [-0.39, 0.29) is 5.41 Å². The number of hydrogen-bond acceptors (Lipinski definition) is 4. The molecule has 0 saturated carbocycles. The fourth-order valence-corrected chi connectivity index (χ4v) is 2.90. The minimum Gasteiger partial charge on any atom is -0.381 e. The molecule has 4 nitrogen and oxygen atoms in total. The van der Waals surface area contributed by atoms with Crippen molar-refractivity contribution in [3.8, 4) is 0 Å². The monoisotopic (exact) mass is 363 g/mol. The fourth-order valence-electron chi connectivity index (χ4n) is 1.58. The highest BCUT2D eigenvalue weighted by atomic mass is 127. The van der Waals surface area contributed by atoms with Gasteiger partial charge >= 0.3 is 0 Å². The van der Waals surface area contributed by atoms with Gasteiger partial charge in [-0.3, -0.25) is 0 Å².